The standard InChI is InChI=1S/C11H12BrN3O3/c12-7-1-2-8(14-5-7)10(16)15-4-3-13-6-9(15)11(17)18/h1-2,5,9,13H,3-4,6H2,(H,17,18). The van der Waals surface area contributed by atoms with Gasteiger partial charge in [0.15, 0.2) is 0 Å². The Morgan fingerprint density at radius 1 is 1.50 bits per heavy atom. The van der Waals surface area contributed by atoms with Gasteiger partial charge in [-0.3, -0.25) is 4.79 Å². The zero-order valence-electron chi connectivity index (χ0n) is 9.47. The maximum absolute atomic E-state index is 12.2. The van der Waals surface area contributed by atoms with E-state index in [0.29, 0.717) is 13.1 Å². The van der Waals surface area contributed by atoms with Crippen molar-refractivity contribution in [3.8, 4) is 0 Å². The first-order valence-corrected chi connectivity index (χ1v) is 6.25. The smallest absolute Gasteiger partial charge is 0.327 e. The lowest BCUT2D eigenvalue weighted by Gasteiger charge is -2.33. The van der Waals surface area contributed by atoms with Gasteiger partial charge in [0.05, 0.1) is 0 Å². The lowest BCUT2D eigenvalue weighted by molar-refractivity contribution is -0.142. The van der Waals surface area contributed by atoms with Crippen LogP contribution in [0.1, 0.15) is 10.5 Å². The van der Waals surface area contributed by atoms with Crippen molar-refractivity contribution in [1.29, 1.82) is 0 Å². The van der Waals surface area contributed by atoms with E-state index in [1.807, 2.05) is 0 Å². The van der Waals surface area contributed by atoms with Crippen LogP contribution in [-0.4, -0.2) is 52.5 Å². The van der Waals surface area contributed by atoms with Crippen LogP contribution in [-0.2, 0) is 4.79 Å². The summed E-state index contributed by atoms with van der Waals surface area (Å²) in [5.41, 5.74) is 0.256. The molecule has 1 aliphatic heterocycles. The van der Waals surface area contributed by atoms with Crippen molar-refractivity contribution < 1.29 is 14.7 Å². The molecule has 1 unspecified atom stereocenters. The fraction of sp³-hybridized carbons (Fsp3) is 0.364. The third-order valence-corrected chi connectivity index (χ3v) is 3.20. The molecule has 0 spiro atoms. The zero-order valence-corrected chi connectivity index (χ0v) is 11.1. The van der Waals surface area contributed by atoms with E-state index in [1.165, 1.54) is 11.1 Å². The monoisotopic (exact) mass is 313 g/mol. The average Bonchev–Trinajstić information content (AvgIpc) is 2.39. The normalized spacial score (nSPS) is 19.6. The summed E-state index contributed by atoms with van der Waals surface area (Å²) in [7, 11) is 0. The Morgan fingerprint density at radius 2 is 2.28 bits per heavy atom. The number of piperazine rings is 1. The molecular formula is C11H12BrN3O3. The lowest BCUT2D eigenvalue weighted by Crippen LogP contribution is -2.57. The fourth-order valence-electron chi connectivity index (χ4n) is 1.82. The van der Waals surface area contributed by atoms with Gasteiger partial charge in [0.1, 0.15) is 11.7 Å². The van der Waals surface area contributed by atoms with Crippen molar-refractivity contribution in [3.05, 3.63) is 28.5 Å². The summed E-state index contributed by atoms with van der Waals surface area (Å²) in [4.78, 5) is 28.6. The number of pyridine rings is 1. The Labute approximate surface area is 112 Å². The molecule has 2 heterocycles. The Balaban J connectivity index is 2.20. The largest absolute Gasteiger partial charge is 0.480 e. The van der Waals surface area contributed by atoms with E-state index in [0.717, 1.165) is 4.47 Å². The number of aromatic nitrogens is 1. The molecule has 7 heteroatoms. The molecular weight excluding hydrogens is 302 g/mol. The minimum absolute atomic E-state index is 0.256. The molecule has 96 valence electrons. The Hall–Kier alpha value is -1.47. The number of rotatable bonds is 2. The molecule has 1 aromatic rings. The highest BCUT2D eigenvalue weighted by Crippen LogP contribution is 2.12. The van der Waals surface area contributed by atoms with E-state index < -0.39 is 12.0 Å². The van der Waals surface area contributed by atoms with Crippen LogP contribution >= 0.6 is 15.9 Å². The highest BCUT2D eigenvalue weighted by molar-refractivity contribution is 9.10. The summed E-state index contributed by atoms with van der Waals surface area (Å²) < 4.78 is 0.772. The fourth-order valence-corrected chi connectivity index (χ4v) is 2.05. The highest BCUT2D eigenvalue weighted by Gasteiger charge is 2.32. The van der Waals surface area contributed by atoms with Crippen LogP contribution in [0.2, 0.25) is 0 Å². The molecule has 1 amide bonds. The predicted molar refractivity (Wildman–Crippen MR) is 67.3 cm³/mol. The second-order valence-corrected chi connectivity index (χ2v) is 4.83. The molecule has 0 radical (unpaired) electrons. The van der Waals surface area contributed by atoms with Gasteiger partial charge in [-0.05, 0) is 28.1 Å². The van der Waals surface area contributed by atoms with E-state index in [9.17, 15) is 9.59 Å². The second-order valence-electron chi connectivity index (χ2n) is 3.92. The molecule has 6 nitrogen and oxygen atoms in total. The number of nitrogens with zero attached hydrogens (tertiary/aromatic N) is 2. The SMILES string of the molecule is O=C(O)C1CNCCN1C(=O)c1ccc(Br)cn1. The van der Waals surface area contributed by atoms with E-state index in [4.69, 9.17) is 5.11 Å². The summed E-state index contributed by atoms with van der Waals surface area (Å²) in [6, 6.07) is 2.45. The number of amides is 1. The van der Waals surface area contributed by atoms with Crippen molar-refractivity contribution in [1.82, 2.24) is 15.2 Å². The van der Waals surface area contributed by atoms with Crippen LogP contribution in [0.4, 0.5) is 0 Å². The Kier molecular flexibility index (Phi) is 3.93. The number of nitrogens with one attached hydrogen (secondary N) is 1. The number of aliphatic carboxylic acids is 1. The molecule has 0 aliphatic carbocycles. The highest BCUT2D eigenvalue weighted by atomic mass is 79.9. The van der Waals surface area contributed by atoms with Gasteiger partial charge < -0.3 is 15.3 Å². The molecule has 1 fully saturated rings. The van der Waals surface area contributed by atoms with Gasteiger partial charge in [-0.2, -0.15) is 0 Å². The maximum Gasteiger partial charge on any atom is 0.327 e. The molecule has 2 rings (SSSR count). The number of carboxylic acid groups (broad SMARTS) is 1. The van der Waals surface area contributed by atoms with Crippen LogP contribution < -0.4 is 5.32 Å². The average molecular weight is 314 g/mol. The summed E-state index contributed by atoms with van der Waals surface area (Å²) in [5.74, 6) is -1.36. The van der Waals surface area contributed by atoms with Gasteiger partial charge in [0, 0.05) is 30.3 Å². The van der Waals surface area contributed by atoms with E-state index in [2.05, 4.69) is 26.2 Å². The van der Waals surface area contributed by atoms with Gasteiger partial charge in [0.25, 0.3) is 5.91 Å². The van der Waals surface area contributed by atoms with Crippen LogP contribution in [0, 0.1) is 0 Å². The Bertz CT molecular complexity index is 463. The minimum Gasteiger partial charge on any atom is -0.480 e. The summed E-state index contributed by atoms with van der Waals surface area (Å²) >= 11 is 3.23. The third-order valence-electron chi connectivity index (χ3n) is 2.74. The lowest BCUT2D eigenvalue weighted by atomic mass is 10.1. The van der Waals surface area contributed by atoms with Gasteiger partial charge in [-0.1, -0.05) is 0 Å². The van der Waals surface area contributed by atoms with Crippen molar-refractivity contribution in [2.75, 3.05) is 19.6 Å². The van der Waals surface area contributed by atoms with Crippen molar-refractivity contribution in [2.45, 2.75) is 6.04 Å². The van der Waals surface area contributed by atoms with Crippen LogP contribution in [0.25, 0.3) is 0 Å². The number of hydrogen-bond donors (Lipinski definition) is 2. The first-order chi connectivity index (χ1) is 8.59. The van der Waals surface area contributed by atoms with Gasteiger partial charge in [-0.25, -0.2) is 9.78 Å². The molecule has 0 aromatic carbocycles. The van der Waals surface area contributed by atoms with Gasteiger partial charge >= 0.3 is 5.97 Å². The number of carbonyl (C=O) groups is 2. The Morgan fingerprint density at radius 3 is 2.89 bits per heavy atom. The number of carbonyl (C=O) groups excluding carboxylic acids is 1. The molecule has 1 aliphatic rings. The number of hydrogen-bond acceptors (Lipinski definition) is 4. The minimum atomic E-state index is -1.01. The summed E-state index contributed by atoms with van der Waals surface area (Å²) in [6.07, 6.45) is 1.52. The first-order valence-electron chi connectivity index (χ1n) is 5.45. The molecule has 0 saturated carbocycles. The quantitative estimate of drug-likeness (QED) is 0.823. The number of halogens is 1. The summed E-state index contributed by atoms with van der Waals surface area (Å²) in [6.45, 7) is 1.22. The van der Waals surface area contributed by atoms with Crippen molar-refractivity contribution in [2.24, 2.45) is 0 Å². The predicted octanol–water partition coefficient (Wildman–Crippen LogP) is 0.343. The van der Waals surface area contributed by atoms with Gasteiger partial charge in [-0.15, -0.1) is 0 Å². The molecule has 1 aromatic heterocycles. The zero-order chi connectivity index (χ0) is 13.1. The van der Waals surface area contributed by atoms with Gasteiger partial charge in [0.2, 0.25) is 0 Å². The molecule has 0 bridgehead atoms. The molecule has 1 saturated heterocycles. The van der Waals surface area contributed by atoms with E-state index >= 15 is 0 Å². The van der Waals surface area contributed by atoms with Crippen LogP contribution in [0.5, 0.6) is 0 Å². The summed E-state index contributed by atoms with van der Waals surface area (Å²) in [5, 5.41) is 12.0. The molecule has 1 atom stereocenters. The number of carboxylic acids is 1. The third kappa shape index (κ3) is 2.68. The topological polar surface area (TPSA) is 82.5 Å². The van der Waals surface area contributed by atoms with E-state index in [-0.39, 0.29) is 18.1 Å². The molecule has 18 heavy (non-hydrogen) atoms. The van der Waals surface area contributed by atoms with Crippen LogP contribution in [0.15, 0.2) is 22.8 Å². The maximum atomic E-state index is 12.2. The van der Waals surface area contributed by atoms with Crippen LogP contribution in [0.3, 0.4) is 0 Å². The van der Waals surface area contributed by atoms with Crippen molar-refractivity contribution >= 4 is 27.8 Å². The molecule has 2 N–H and O–H groups in total. The van der Waals surface area contributed by atoms with Crippen molar-refractivity contribution in [3.63, 3.8) is 0 Å². The second kappa shape index (κ2) is 5.45. The first kappa shape index (κ1) is 13.0. The van der Waals surface area contributed by atoms with E-state index in [1.54, 1.807) is 12.1 Å².